The molecule has 1 heterocycles. The van der Waals surface area contributed by atoms with Crippen LogP contribution in [-0.2, 0) is 4.84 Å². The minimum atomic E-state index is 0.181. The van der Waals surface area contributed by atoms with Gasteiger partial charge in [-0.25, -0.2) is 0 Å². The molecule has 112 valence electrons. The minimum Gasteiger partial charge on any atom is -0.291 e. The zero-order valence-corrected chi connectivity index (χ0v) is 13.5. The maximum Gasteiger partial charge on any atom is 0.106 e. The molecule has 2 aromatic rings. The van der Waals surface area contributed by atoms with Crippen molar-refractivity contribution in [3.05, 3.63) is 48.0 Å². The lowest BCUT2D eigenvalue weighted by Crippen LogP contribution is -2.39. The molecular weight excluding hydrogens is 258 g/mol. The lowest BCUT2D eigenvalue weighted by molar-refractivity contribution is -0.188. The monoisotopic (exact) mass is 283 g/mol. The van der Waals surface area contributed by atoms with E-state index in [4.69, 9.17) is 4.84 Å². The summed E-state index contributed by atoms with van der Waals surface area (Å²) in [5.74, 6) is 0. The number of rotatable bonds is 2. The van der Waals surface area contributed by atoms with Crippen LogP contribution in [0.3, 0.4) is 0 Å². The van der Waals surface area contributed by atoms with Gasteiger partial charge in [-0.3, -0.25) is 4.84 Å². The van der Waals surface area contributed by atoms with Crippen molar-refractivity contribution in [1.82, 2.24) is 5.06 Å². The van der Waals surface area contributed by atoms with Crippen LogP contribution in [0.15, 0.2) is 42.5 Å². The van der Waals surface area contributed by atoms with Crippen LogP contribution in [0.4, 0.5) is 0 Å². The highest BCUT2D eigenvalue weighted by molar-refractivity contribution is 5.86. The van der Waals surface area contributed by atoms with Crippen LogP contribution in [0.25, 0.3) is 10.8 Å². The van der Waals surface area contributed by atoms with E-state index in [9.17, 15) is 0 Å². The van der Waals surface area contributed by atoms with E-state index >= 15 is 0 Å². The second-order valence-electron chi connectivity index (χ2n) is 7.13. The van der Waals surface area contributed by atoms with Crippen molar-refractivity contribution in [2.24, 2.45) is 5.41 Å². The van der Waals surface area contributed by atoms with Crippen molar-refractivity contribution < 1.29 is 4.84 Å². The van der Waals surface area contributed by atoms with Gasteiger partial charge in [0.25, 0.3) is 0 Å². The number of hydrogen-bond donors (Lipinski definition) is 0. The fourth-order valence-corrected chi connectivity index (χ4v) is 2.97. The molecular formula is C19H25NO. The van der Waals surface area contributed by atoms with Crippen molar-refractivity contribution in [1.29, 1.82) is 0 Å². The average Bonchev–Trinajstić information content (AvgIpc) is 2.94. The topological polar surface area (TPSA) is 12.5 Å². The summed E-state index contributed by atoms with van der Waals surface area (Å²) in [6.07, 6.45) is 1.25. The van der Waals surface area contributed by atoms with Crippen molar-refractivity contribution in [2.75, 3.05) is 6.54 Å². The molecule has 1 aliphatic rings. The van der Waals surface area contributed by atoms with E-state index in [0.717, 1.165) is 13.0 Å². The van der Waals surface area contributed by atoms with Crippen LogP contribution in [-0.4, -0.2) is 17.6 Å². The van der Waals surface area contributed by atoms with E-state index in [1.54, 1.807) is 0 Å². The summed E-state index contributed by atoms with van der Waals surface area (Å²) >= 11 is 0. The molecule has 3 rings (SSSR count). The summed E-state index contributed by atoms with van der Waals surface area (Å²) in [4.78, 5) is 6.28. The van der Waals surface area contributed by atoms with Crippen molar-refractivity contribution in [3.8, 4) is 0 Å². The quantitative estimate of drug-likeness (QED) is 0.773. The summed E-state index contributed by atoms with van der Waals surface area (Å²) in [5.41, 5.74) is 1.55. The van der Waals surface area contributed by atoms with Crippen molar-refractivity contribution in [2.45, 2.75) is 46.3 Å². The number of benzene rings is 2. The molecule has 1 aliphatic heterocycles. The Morgan fingerprint density at radius 2 is 1.81 bits per heavy atom. The Balaban J connectivity index is 1.86. The fraction of sp³-hybridized carbons (Fsp3) is 0.474. The molecule has 1 fully saturated rings. The van der Waals surface area contributed by atoms with Crippen LogP contribution in [0, 0.1) is 5.41 Å². The predicted octanol–water partition coefficient (Wildman–Crippen LogP) is 4.95. The predicted molar refractivity (Wildman–Crippen MR) is 88.0 cm³/mol. The lowest BCUT2D eigenvalue weighted by Gasteiger charge is -2.34. The molecule has 2 heteroatoms. The van der Waals surface area contributed by atoms with Gasteiger partial charge in [0.05, 0.1) is 0 Å². The van der Waals surface area contributed by atoms with E-state index in [0.29, 0.717) is 6.04 Å². The summed E-state index contributed by atoms with van der Waals surface area (Å²) in [5, 5.41) is 4.78. The van der Waals surface area contributed by atoms with Crippen LogP contribution in [0.5, 0.6) is 0 Å². The number of fused-ring (bicyclic) bond motifs is 1. The summed E-state index contributed by atoms with van der Waals surface area (Å²) in [6, 6.07) is 15.5. The van der Waals surface area contributed by atoms with Crippen LogP contribution >= 0.6 is 0 Å². The standard InChI is InChI=1S/C19H25NO/c1-14(19(2,3)4)20-13-12-18(21-20)17-11-7-9-15-8-5-6-10-16(15)17/h5-11,14,18H,12-13H2,1-4H3. The largest absolute Gasteiger partial charge is 0.291 e. The van der Waals surface area contributed by atoms with Gasteiger partial charge < -0.3 is 0 Å². The van der Waals surface area contributed by atoms with Gasteiger partial charge in [-0.15, -0.1) is 0 Å². The van der Waals surface area contributed by atoms with Gasteiger partial charge in [-0.2, -0.15) is 5.06 Å². The molecule has 0 spiro atoms. The maximum atomic E-state index is 6.28. The third kappa shape index (κ3) is 2.83. The van der Waals surface area contributed by atoms with Crippen molar-refractivity contribution in [3.63, 3.8) is 0 Å². The Morgan fingerprint density at radius 1 is 1.10 bits per heavy atom. The Hall–Kier alpha value is -1.38. The highest BCUT2D eigenvalue weighted by Gasteiger charge is 2.34. The fourth-order valence-electron chi connectivity index (χ4n) is 2.97. The molecule has 0 bridgehead atoms. The van der Waals surface area contributed by atoms with Gasteiger partial charge in [0.2, 0.25) is 0 Å². The third-order valence-electron chi connectivity index (χ3n) is 4.73. The van der Waals surface area contributed by atoms with E-state index in [1.165, 1.54) is 16.3 Å². The maximum absolute atomic E-state index is 6.28. The SMILES string of the molecule is CC(N1CCC(c2cccc3ccccc23)O1)C(C)(C)C. The van der Waals surface area contributed by atoms with E-state index in [2.05, 4.69) is 75.2 Å². The summed E-state index contributed by atoms with van der Waals surface area (Å²) in [7, 11) is 0. The molecule has 2 atom stereocenters. The third-order valence-corrected chi connectivity index (χ3v) is 4.73. The van der Waals surface area contributed by atoms with Gasteiger partial charge in [-0.1, -0.05) is 63.2 Å². The molecule has 0 saturated carbocycles. The Bertz CT molecular complexity index is 623. The van der Waals surface area contributed by atoms with Gasteiger partial charge in [0, 0.05) is 12.6 Å². The molecule has 1 saturated heterocycles. The first kappa shape index (κ1) is 14.6. The second-order valence-corrected chi connectivity index (χ2v) is 7.13. The van der Waals surface area contributed by atoms with E-state index < -0.39 is 0 Å². The minimum absolute atomic E-state index is 0.181. The molecule has 0 aliphatic carbocycles. The molecule has 2 nitrogen and oxygen atoms in total. The molecule has 2 unspecified atom stereocenters. The zero-order valence-electron chi connectivity index (χ0n) is 13.5. The molecule has 21 heavy (non-hydrogen) atoms. The molecule has 2 aromatic carbocycles. The first-order chi connectivity index (χ1) is 9.97. The molecule has 0 amide bonds. The van der Waals surface area contributed by atoms with E-state index in [1.807, 2.05) is 0 Å². The van der Waals surface area contributed by atoms with E-state index in [-0.39, 0.29) is 11.5 Å². The summed E-state index contributed by atoms with van der Waals surface area (Å²) in [6.45, 7) is 10.1. The van der Waals surface area contributed by atoms with Gasteiger partial charge in [0.1, 0.15) is 6.10 Å². The first-order valence-electron chi connectivity index (χ1n) is 7.88. The molecule has 0 radical (unpaired) electrons. The number of nitrogens with zero attached hydrogens (tertiary/aromatic N) is 1. The molecule has 0 aromatic heterocycles. The van der Waals surface area contributed by atoms with Crippen LogP contribution in [0.2, 0.25) is 0 Å². The number of hydroxylamine groups is 2. The zero-order chi connectivity index (χ0) is 15.0. The second kappa shape index (κ2) is 5.43. The lowest BCUT2D eigenvalue weighted by atomic mass is 9.88. The van der Waals surface area contributed by atoms with Crippen molar-refractivity contribution >= 4 is 10.8 Å². The Morgan fingerprint density at radius 3 is 2.57 bits per heavy atom. The van der Waals surface area contributed by atoms with Crippen LogP contribution < -0.4 is 0 Å². The average molecular weight is 283 g/mol. The normalized spacial score (nSPS) is 21.8. The molecule has 0 N–H and O–H groups in total. The number of hydrogen-bond acceptors (Lipinski definition) is 2. The summed E-state index contributed by atoms with van der Waals surface area (Å²) < 4.78 is 0. The van der Waals surface area contributed by atoms with Gasteiger partial charge in [0.15, 0.2) is 0 Å². The van der Waals surface area contributed by atoms with Gasteiger partial charge >= 0.3 is 0 Å². The highest BCUT2D eigenvalue weighted by atomic mass is 16.7. The van der Waals surface area contributed by atoms with Crippen LogP contribution in [0.1, 0.15) is 45.8 Å². The highest BCUT2D eigenvalue weighted by Crippen LogP contribution is 2.37. The van der Waals surface area contributed by atoms with Gasteiger partial charge in [-0.05, 0) is 35.1 Å². The Labute approximate surface area is 127 Å². The first-order valence-corrected chi connectivity index (χ1v) is 7.88. The Kier molecular flexibility index (Phi) is 3.76. The smallest absolute Gasteiger partial charge is 0.106 e.